The number of aliphatic hydroxyl groups excluding tert-OH is 2. The van der Waals surface area contributed by atoms with Crippen molar-refractivity contribution in [2.24, 2.45) is 63.1 Å². The lowest BCUT2D eigenvalue weighted by molar-refractivity contribution is -0.142. The number of aliphatic imine (C=N–C) groups is 1. The summed E-state index contributed by atoms with van der Waals surface area (Å²) in [6.45, 7) is 18.4. The van der Waals surface area contributed by atoms with E-state index in [0.29, 0.717) is 31.2 Å². The van der Waals surface area contributed by atoms with Gasteiger partial charge in [-0.2, -0.15) is 0 Å². The third-order valence-electron chi connectivity index (χ3n) is 20.0. The van der Waals surface area contributed by atoms with E-state index in [9.17, 15) is 121 Å². The van der Waals surface area contributed by atoms with Crippen LogP contribution in [0.25, 0.3) is 0 Å². The SMILES string of the molecule is CC(C)C[C@H](NC(=O)[C@H](C)NC(=O)[C@@H](N)CCCN=C(N)N)C(=O)N[C@H](C(=O)N[C@@H](CC(=O)O)C(=O)N[C@H](C(=O)N[C@@H](CC(C)C)C(=O)N[C@@H](CCCCN)C(=O)N[C@@H](Cc1ccccc1)C(=O)N[C@H](C(=O)N[C@H](C(=O)N[C@@H](CCC(N)=O)C(=O)N[C@@H](C)C(=O)N[C@@H](CCC(=O)O)C(=O)NCC(=O)N[C@@H](C)C(=O)N[C@@H](CCCCN)C(=O)O)[C@@H](C)O)C(C)C)[C@@H](C)O)C(C)C. The first-order chi connectivity index (χ1) is 60.7. The first-order valence-electron chi connectivity index (χ1n) is 43.1. The van der Waals surface area contributed by atoms with Crippen LogP contribution in [0.2, 0.25) is 0 Å². The fourth-order valence-electron chi connectivity index (χ4n) is 12.6. The number of nitrogens with zero attached hydrogens (tertiary/aromatic N) is 1. The molecule has 17 amide bonds. The van der Waals surface area contributed by atoms with E-state index < -0.39 is 284 Å². The Morgan fingerprint density at radius 1 is 0.354 bits per heavy atom. The summed E-state index contributed by atoms with van der Waals surface area (Å²) < 4.78 is 0. The molecule has 33 N–H and O–H groups in total. The van der Waals surface area contributed by atoms with Crippen molar-refractivity contribution in [3.8, 4) is 0 Å². The van der Waals surface area contributed by atoms with Crippen LogP contribution in [0.3, 0.4) is 0 Å². The third kappa shape index (κ3) is 45.1. The second kappa shape index (κ2) is 59.7. The molecule has 732 valence electrons. The van der Waals surface area contributed by atoms with Crippen molar-refractivity contribution < 1.29 is 121 Å². The Kier molecular flexibility index (Phi) is 53.2. The van der Waals surface area contributed by atoms with Crippen LogP contribution in [0.15, 0.2) is 35.3 Å². The molecule has 130 heavy (non-hydrogen) atoms. The smallest absolute Gasteiger partial charge is 0.326 e. The predicted octanol–water partition coefficient (Wildman–Crippen LogP) is -7.83. The number of unbranched alkanes of at least 4 members (excludes halogenated alkanes) is 2. The minimum Gasteiger partial charge on any atom is -0.481 e. The van der Waals surface area contributed by atoms with E-state index >= 15 is 0 Å². The van der Waals surface area contributed by atoms with Gasteiger partial charge in [-0.05, 0) is 154 Å². The Morgan fingerprint density at radius 2 is 0.715 bits per heavy atom. The number of amides is 17. The first kappa shape index (κ1) is 116. The summed E-state index contributed by atoms with van der Waals surface area (Å²) in [5.74, 6) is -24.4. The van der Waals surface area contributed by atoms with Gasteiger partial charge in [0.15, 0.2) is 5.96 Å². The molecule has 0 aromatic heterocycles. The van der Waals surface area contributed by atoms with Crippen molar-refractivity contribution in [3.05, 3.63) is 35.9 Å². The second-order valence-corrected chi connectivity index (χ2v) is 33.3. The number of carbonyl (C=O) groups excluding carboxylic acids is 17. The van der Waals surface area contributed by atoms with Crippen LogP contribution < -0.4 is 119 Å². The molecule has 0 bridgehead atoms. The molecule has 18 atom stereocenters. The van der Waals surface area contributed by atoms with Gasteiger partial charge in [-0.1, -0.05) is 85.7 Å². The Hall–Kier alpha value is -12.3. The minimum absolute atomic E-state index is 0.0136. The zero-order valence-corrected chi connectivity index (χ0v) is 76.0. The van der Waals surface area contributed by atoms with Crippen molar-refractivity contribution in [1.82, 2.24) is 85.1 Å². The van der Waals surface area contributed by atoms with Gasteiger partial charge in [0.05, 0.1) is 31.2 Å². The normalized spacial score (nSPS) is 15.4. The summed E-state index contributed by atoms with van der Waals surface area (Å²) in [4.78, 5) is 274. The number of carbonyl (C=O) groups is 20. The molecule has 48 heteroatoms. The molecule has 0 aliphatic carbocycles. The van der Waals surface area contributed by atoms with Crippen LogP contribution in [0.4, 0.5) is 0 Å². The van der Waals surface area contributed by atoms with Gasteiger partial charge >= 0.3 is 17.9 Å². The van der Waals surface area contributed by atoms with Crippen molar-refractivity contribution in [2.75, 3.05) is 26.2 Å². The number of hydrogen-bond donors (Lipinski definition) is 27. The number of hydrogen-bond acceptors (Lipinski definition) is 26. The number of nitrogens with two attached hydrogens (primary N) is 6. The lowest BCUT2D eigenvalue weighted by Gasteiger charge is -2.30. The van der Waals surface area contributed by atoms with Crippen LogP contribution in [0.1, 0.15) is 192 Å². The molecule has 0 aliphatic rings. The van der Waals surface area contributed by atoms with Crippen LogP contribution in [0.5, 0.6) is 0 Å². The zero-order chi connectivity index (χ0) is 99.1. The van der Waals surface area contributed by atoms with Crippen molar-refractivity contribution >= 4 is 124 Å². The molecule has 0 fully saturated rings. The largest absolute Gasteiger partial charge is 0.481 e. The first-order valence-corrected chi connectivity index (χ1v) is 43.1. The summed E-state index contributed by atoms with van der Waals surface area (Å²) >= 11 is 0. The maximum Gasteiger partial charge on any atom is 0.326 e. The number of carboxylic acids is 3. The molecule has 0 aliphatic heterocycles. The maximum atomic E-state index is 14.8. The van der Waals surface area contributed by atoms with Gasteiger partial charge in [-0.15, -0.1) is 0 Å². The fraction of sp³-hybridized carbons (Fsp3) is 0.671. The molecule has 1 rings (SSSR count). The zero-order valence-electron chi connectivity index (χ0n) is 76.0. The van der Waals surface area contributed by atoms with Gasteiger partial charge in [0, 0.05) is 25.8 Å². The average Bonchev–Trinajstić information content (AvgIpc) is 0.847. The number of nitrogens with one attached hydrogen (secondary N) is 16. The van der Waals surface area contributed by atoms with Gasteiger partial charge < -0.3 is 145 Å². The molecule has 1 aromatic carbocycles. The summed E-state index contributed by atoms with van der Waals surface area (Å²) in [5, 5.41) is 89.6. The standard InChI is InChI=1S/C82H139N23O25/c1-39(2)34-54(100-80(128)64(46(12)106)104-76(124)57(37-61(112)113)101-77(125)62(41(5)6)102-74(122)55(35-40(3)4)98-68(116)44(10)92-69(117)49(85)24-21-33-89-82(87)88)73(121)95-50(25-17-19-31-83)72(120)99-56(36-48-22-15-14-16-23-48)75(123)103-63(42(7)8)78(126)105-65(47(13)107)79(127)96-52(27-29-58(86)108)71(119)93-45(11)67(115)94-51(28-30-60(110)111)70(118)90-38-59(109)91-43(9)66(114)97-53(81(129)130)26-18-20-32-84/h14-16,22-23,39-47,49-57,62-65,106-107H,17-21,24-38,83-85H2,1-13H3,(H2,86,108)(H,90,118)(H,91,109)(H,92,117)(H,93,119)(H,94,115)(H,95,121)(H,96,127)(H,97,114)(H,98,116)(H,99,120)(H,100,128)(H,101,125)(H,102,122)(H,103,123)(H,104,124)(H,105,126)(H,110,111)(H,112,113)(H,129,130)(H4,87,88,89)/t43-,44-,45-,46+,47+,49-,50-,51-,52-,53-,54-,55-,56-,57-,62-,63-,64-,65-/m0/s1. The monoisotopic (exact) mass is 1850 g/mol. The minimum atomic E-state index is -2.01. The fourth-order valence-corrected chi connectivity index (χ4v) is 12.6. The van der Waals surface area contributed by atoms with Gasteiger partial charge in [0.25, 0.3) is 0 Å². The van der Waals surface area contributed by atoms with Crippen molar-refractivity contribution in [1.29, 1.82) is 0 Å². The summed E-state index contributed by atoms with van der Waals surface area (Å²) in [6, 6.07) is -17.0. The van der Waals surface area contributed by atoms with Gasteiger partial charge in [-0.3, -0.25) is 96.1 Å². The number of carboxylic acid groups (broad SMARTS) is 3. The van der Waals surface area contributed by atoms with E-state index in [-0.39, 0.29) is 76.5 Å². The highest BCUT2D eigenvalue weighted by atomic mass is 16.4. The average molecular weight is 1850 g/mol. The van der Waals surface area contributed by atoms with Crippen LogP contribution in [-0.4, -0.2) is 285 Å². The summed E-state index contributed by atoms with van der Waals surface area (Å²) in [5.41, 5.74) is 33.9. The Labute approximate surface area is 754 Å². The van der Waals surface area contributed by atoms with Crippen LogP contribution in [0, 0.1) is 23.7 Å². The number of primary amides is 1. The van der Waals surface area contributed by atoms with E-state index in [2.05, 4.69) is 90.1 Å². The van der Waals surface area contributed by atoms with Crippen molar-refractivity contribution in [2.45, 2.75) is 302 Å². The van der Waals surface area contributed by atoms with E-state index in [4.69, 9.17) is 34.4 Å². The van der Waals surface area contributed by atoms with Crippen LogP contribution in [-0.2, 0) is 102 Å². The number of guanidine groups is 1. The highest BCUT2D eigenvalue weighted by molar-refractivity contribution is 6.02. The number of rotatable bonds is 63. The van der Waals surface area contributed by atoms with Gasteiger partial charge in [0.2, 0.25) is 100 Å². The molecule has 0 spiro atoms. The molecule has 0 saturated heterocycles. The molecule has 0 radical (unpaired) electrons. The molecule has 0 heterocycles. The van der Waals surface area contributed by atoms with E-state index in [1.54, 1.807) is 58.0 Å². The van der Waals surface area contributed by atoms with E-state index in [1.807, 2.05) is 0 Å². The molecule has 0 saturated carbocycles. The Bertz CT molecular complexity index is 4000. The molecule has 48 nitrogen and oxygen atoms in total. The third-order valence-corrected chi connectivity index (χ3v) is 20.0. The lowest BCUT2D eigenvalue weighted by atomic mass is 9.99. The summed E-state index contributed by atoms with van der Waals surface area (Å²) in [6.07, 6.45) is -5.88. The quantitative estimate of drug-likeness (QED) is 0.0164. The highest BCUT2D eigenvalue weighted by Crippen LogP contribution is 2.16. The number of aliphatic hydroxyl groups is 2. The van der Waals surface area contributed by atoms with E-state index in [0.717, 1.165) is 20.8 Å². The molecule has 1 aromatic rings. The van der Waals surface area contributed by atoms with Crippen molar-refractivity contribution in [3.63, 3.8) is 0 Å². The number of benzene rings is 1. The van der Waals surface area contributed by atoms with Crippen LogP contribution >= 0.6 is 0 Å². The van der Waals surface area contributed by atoms with Gasteiger partial charge in [0.1, 0.15) is 90.6 Å². The maximum absolute atomic E-state index is 14.8. The van der Waals surface area contributed by atoms with Gasteiger partial charge in [-0.25, -0.2) is 4.79 Å². The molecule has 0 unspecified atom stereocenters. The number of aliphatic carboxylic acids is 3. The lowest BCUT2D eigenvalue weighted by Crippen LogP contribution is -2.63. The Balaban J connectivity index is 3.59. The predicted molar refractivity (Wildman–Crippen MR) is 470 cm³/mol. The summed E-state index contributed by atoms with van der Waals surface area (Å²) in [7, 11) is 0. The second-order valence-electron chi connectivity index (χ2n) is 33.3. The van der Waals surface area contributed by atoms with E-state index in [1.165, 1.54) is 41.5 Å². The molecular formula is C82H139N23O25. The molecular weight excluding hydrogens is 1710 g/mol. The Morgan fingerprint density at radius 3 is 1.18 bits per heavy atom. The topological polar surface area (TPSA) is 804 Å². The highest BCUT2D eigenvalue weighted by Gasteiger charge is 2.41.